The maximum atomic E-state index is 12.6. The summed E-state index contributed by atoms with van der Waals surface area (Å²) >= 11 is 0. The lowest BCUT2D eigenvalue weighted by Crippen LogP contribution is -2.36. The van der Waals surface area contributed by atoms with Crippen LogP contribution in [0.2, 0.25) is 0 Å². The van der Waals surface area contributed by atoms with Gasteiger partial charge in [0.05, 0.1) is 24.8 Å². The van der Waals surface area contributed by atoms with Crippen molar-refractivity contribution in [2.24, 2.45) is 0 Å². The quantitative estimate of drug-likeness (QED) is 0.759. The van der Waals surface area contributed by atoms with Crippen molar-refractivity contribution in [3.05, 3.63) is 35.4 Å². The van der Waals surface area contributed by atoms with Gasteiger partial charge >= 0.3 is 6.18 Å². The summed E-state index contributed by atoms with van der Waals surface area (Å²) in [5.41, 5.74) is -0.311. The Balaban J connectivity index is 2.55. The molecule has 4 nitrogen and oxygen atoms in total. The van der Waals surface area contributed by atoms with Gasteiger partial charge in [-0.1, -0.05) is 12.1 Å². The first kappa shape index (κ1) is 17.5. The van der Waals surface area contributed by atoms with Crippen LogP contribution >= 0.6 is 0 Å². The molecule has 1 amide bonds. The predicted molar refractivity (Wildman–Crippen MR) is 72.7 cm³/mol. The summed E-state index contributed by atoms with van der Waals surface area (Å²) in [4.78, 5) is 11.6. The minimum atomic E-state index is -4.39. The van der Waals surface area contributed by atoms with Crippen LogP contribution in [0.1, 0.15) is 24.1 Å². The standard InChI is InChI=1S/C14H19F3N2O2/c1-10(19-13(20)9-18-6-7-21-2)11-4-3-5-12(8-11)14(15,16)17/h3-5,8,10,18H,6-7,9H2,1-2H3,(H,19,20). The number of hydrogen-bond donors (Lipinski definition) is 2. The van der Waals surface area contributed by atoms with Gasteiger partial charge in [-0.25, -0.2) is 0 Å². The van der Waals surface area contributed by atoms with E-state index in [2.05, 4.69) is 10.6 Å². The minimum absolute atomic E-state index is 0.0899. The van der Waals surface area contributed by atoms with Crippen LogP contribution in [0.25, 0.3) is 0 Å². The molecule has 0 saturated heterocycles. The van der Waals surface area contributed by atoms with Crippen molar-refractivity contribution in [2.75, 3.05) is 26.8 Å². The summed E-state index contributed by atoms with van der Waals surface area (Å²) in [6.07, 6.45) is -4.39. The van der Waals surface area contributed by atoms with Gasteiger partial charge < -0.3 is 15.4 Å². The van der Waals surface area contributed by atoms with Crippen molar-refractivity contribution >= 4 is 5.91 Å². The van der Waals surface area contributed by atoms with Crippen molar-refractivity contribution in [3.63, 3.8) is 0 Å². The van der Waals surface area contributed by atoms with E-state index in [4.69, 9.17) is 4.74 Å². The van der Waals surface area contributed by atoms with Gasteiger partial charge in [0.15, 0.2) is 0 Å². The fourth-order valence-corrected chi connectivity index (χ4v) is 1.74. The van der Waals surface area contributed by atoms with E-state index < -0.39 is 17.8 Å². The highest BCUT2D eigenvalue weighted by Gasteiger charge is 2.30. The zero-order valence-corrected chi connectivity index (χ0v) is 12.0. The van der Waals surface area contributed by atoms with E-state index in [-0.39, 0.29) is 12.5 Å². The van der Waals surface area contributed by atoms with E-state index >= 15 is 0 Å². The van der Waals surface area contributed by atoms with Crippen molar-refractivity contribution in [1.82, 2.24) is 10.6 Å². The molecule has 2 N–H and O–H groups in total. The number of alkyl halides is 3. The molecule has 21 heavy (non-hydrogen) atoms. The zero-order valence-electron chi connectivity index (χ0n) is 12.0. The van der Waals surface area contributed by atoms with Crippen molar-refractivity contribution in [1.29, 1.82) is 0 Å². The maximum absolute atomic E-state index is 12.6. The van der Waals surface area contributed by atoms with Crippen LogP contribution in [0.15, 0.2) is 24.3 Å². The van der Waals surface area contributed by atoms with Crippen molar-refractivity contribution in [2.45, 2.75) is 19.1 Å². The van der Waals surface area contributed by atoms with E-state index in [1.807, 2.05) is 0 Å². The first-order valence-electron chi connectivity index (χ1n) is 6.50. The molecule has 0 radical (unpaired) electrons. The lowest BCUT2D eigenvalue weighted by Gasteiger charge is -2.16. The molecular formula is C14H19F3N2O2. The van der Waals surface area contributed by atoms with Crippen LogP contribution < -0.4 is 10.6 Å². The zero-order chi connectivity index (χ0) is 15.9. The molecule has 0 heterocycles. The van der Waals surface area contributed by atoms with E-state index in [1.54, 1.807) is 20.1 Å². The molecule has 0 fully saturated rings. The third-order valence-electron chi connectivity index (χ3n) is 2.86. The highest BCUT2D eigenvalue weighted by molar-refractivity contribution is 5.78. The van der Waals surface area contributed by atoms with Gasteiger partial charge in [0, 0.05) is 13.7 Å². The molecule has 118 valence electrons. The fraction of sp³-hybridized carbons (Fsp3) is 0.500. The molecule has 1 rings (SSSR count). The second-order valence-electron chi connectivity index (χ2n) is 4.58. The first-order valence-corrected chi connectivity index (χ1v) is 6.50. The van der Waals surface area contributed by atoms with Crippen LogP contribution in [0.3, 0.4) is 0 Å². The van der Waals surface area contributed by atoms with Gasteiger partial charge in [0.2, 0.25) is 5.91 Å². The number of carbonyl (C=O) groups is 1. The SMILES string of the molecule is COCCNCC(=O)NC(C)c1cccc(C(F)(F)F)c1. The van der Waals surface area contributed by atoms with Crippen LogP contribution in [0, 0.1) is 0 Å². The van der Waals surface area contributed by atoms with Gasteiger partial charge in [-0.3, -0.25) is 4.79 Å². The number of benzene rings is 1. The molecule has 0 bridgehead atoms. The monoisotopic (exact) mass is 304 g/mol. The molecule has 1 aromatic carbocycles. The van der Waals surface area contributed by atoms with Gasteiger partial charge in [0.25, 0.3) is 0 Å². The number of amides is 1. The highest BCUT2D eigenvalue weighted by atomic mass is 19.4. The van der Waals surface area contributed by atoms with Crippen LogP contribution in [0.4, 0.5) is 13.2 Å². The average molecular weight is 304 g/mol. The second-order valence-corrected chi connectivity index (χ2v) is 4.58. The average Bonchev–Trinajstić information content (AvgIpc) is 2.43. The number of rotatable bonds is 7. The van der Waals surface area contributed by atoms with Crippen LogP contribution in [-0.2, 0) is 15.7 Å². The summed E-state index contributed by atoms with van der Waals surface area (Å²) in [6.45, 7) is 2.74. The van der Waals surface area contributed by atoms with Crippen LogP contribution in [0.5, 0.6) is 0 Å². The summed E-state index contributed by atoms with van der Waals surface area (Å²) in [5, 5.41) is 5.50. The maximum Gasteiger partial charge on any atom is 0.416 e. The van der Waals surface area contributed by atoms with Gasteiger partial charge in [-0.15, -0.1) is 0 Å². The Kier molecular flexibility index (Phi) is 6.64. The van der Waals surface area contributed by atoms with E-state index in [0.717, 1.165) is 12.1 Å². The molecule has 0 aliphatic carbocycles. The van der Waals surface area contributed by atoms with Gasteiger partial charge in [-0.2, -0.15) is 13.2 Å². The summed E-state index contributed by atoms with van der Waals surface area (Å²) in [5.74, 6) is -0.281. The lowest BCUT2D eigenvalue weighted by molar-refractivity contribution is -0.137. The third-order valence-corrected chi connectivity index (χ3v) is 2.86. The second kappa shape index (κ2) is 7.99. The molecule has 0 aliphatic heterocycles. The Hall–Kier alpha value is -1.60. The molecule has 1 aromatic rings. The molecule has 0 saturated carbocycles. The number of methoxy groups -OCH3 is 1. The van der Waals surface area contributed by atoms with Gasteiger partial charge in [0.1, 0.15) is 0 Å². The topological polar surface area (TPSA) is 50.4 Å². The number of halogens is 3. The molecule has 7 heteroatoms. The summed E-state index contributed by atoms with van der Waals surface area (Å²) in [6, 6.07) is 4.44. The summed E-state index contributed by atoms with van der Waals surface area (Å²) < 4.78 is 42.7. The Morgan fingerprint density at radius 1 is 1.38 bits per heavy atom. The number of hydrogen-bond acceptors (Lipinski definition) is 3. The third kappa shape index (κ3) is 6.14. The van der Waals surface area contributed by atoms with Crippen molar-refractivity contribution in [3.8, 4) is 0 Å². The largest absolute Gasteiger partial charge is 0.416 e. The lowest BCUT2D eigenvalue weighted by atomic mass is 10.0. The Morgan fingerprint density at radius 3 is 2.71 bits per heavy atom. The van der Waals surface area contributed by atoms with E-state index in [0.29, 0.717) is 18.7 Å². The number of nitrogens with one attached hydrogen (secondary N) is 2. The normalized spacial score (nSPS) is 13.0. The Labute approximate surface area is 121 Å². The van der Waals surface area contributed by atoms with Gasteiger partial charge in [-0.05, 0) is 24.6 Å². The Bertz CT molecular complexity index is 464. The highest BCUT2D eigenvalue weighted by Crippen LogP contribution is 2.30. The van der Waals surface area contributed by atoms with Crippen LogP contribution in [-0.4, -0.2) is 32.7 Å². The Morgan fingerprint density at radius 2 is 2.10 bits per heavy atom. The predicted octanol–water partition coefficient (Wildman–Crippen LogP) is 2.12. The molecule has 0 aromatic heterocycles. The smallest absolute Gasteiger partial charge is 0.383 e. The van der Waals surface area contributed by atoms with E-state index in [9.17, 15) is 18.0 Å². The van der Waals surface area contributed by atoms with E-state index in [1.165, 1.54) is 6.07 Å². The number of ether oxygens (including phenoxy) is 1. The first-order chi connectivity index (χ1) is 9.84. The molecular weight excluding hydrogens is 285 g/mol. The number of carbonyl (C=O) groups excluding carboxylic acids is 1. The minimum Gasteiger partial charge on any atom is -0.383 e. The molecule has 1 unspecified atom stereocenters. The molecule has 1 atom stereocenters. The molecule has 0 spiro atoms. The van der Waals surface area contributed by atoms with Crippen molar-refractivity contribution < 1.29 is 22.7 Å². The molecule has 0 aliphatic rings. The fourth-order valence-electron chi connectivity index (χ4n) is 1.74. The summed E-state index contributed by atoms with van der Waals surface area (Å²) in [7, 11) is 1.55.